The Morgan fingerprint density at radius 1 is 1.54 bits per heavy atom. The summed E-state index contributed by atoms with van der Waals surface area (Å²) < 4.78 is 0. The third-order valence-electron chi connectivity index (χ3n) is 3.17. The van der Waals surface area contributed by atoms with Crippen molar-refractivity contribution in [3.8, 4) is 0 Å². The quantitative estimate of drug-likeness (QED) is 0.770. The standard InChI is InChI=1S/C11H17NS/c1-8-2-3-9(6-8)11(12)10-4-5-13-7-10/h4-5,7-9,11H,2-3,6,12H2,1H3. The largest absolute Gasteiger partial charge is 0.324 e. The summed E-state index contributed by atoms with van der Waals surface area (Å²) in [6.45, 7) is 2.33. The van der Waals surface area contributed by atoms with Crippen molar-refractivity contribution in [2.45, 2.75) is 32.2 Å². The highest BCUT2D eigenvalue weighted by molar-refractivity contribution is 7.07. The maximum atomic E-state index is 6.21. The molecule has 3 atom stereocenters. The molecule has 2 N–H and O–H groups in total. The van der Waals surface area contributed by atoms with E-state index in [-0.39, 0.29) is 6.04 Å². The maximum absolute atomic E-state index is 6.21. The van der Waals surface area contributed by atoms with Crippen molar-refractivity contribution in [2.75, 3.05) is 0 Å². The smallest absolute Gasteiger partial charge is 0.0331 e. The highest BCUT2D eigenvalue weighted by Gasteiger charge is 2.27. The Morgan fingerprint density at radius 2 is 2.38 bits per heavy atom. The summed E-state index contributed by atoms with van der Waals surface area (Å²) >= 11 is 1.75. The zero-order valence-corrected chi connectivity index (χ0v) is 8.89. The minimum absolute atomic E-state index is 0.288. The number of hydrogen-bond acceptors (Lipinski definition) is 2. The monoisotopic (exact) mass is 195 g/mol. The van der Waals surface area contributed by atoms with E-state index in [9.17, 15) is 0 Å². The molecule has 1 aromatic heterocycles. The molecular weight excluding hydrogens is 178 g/mol. The Bertz CT molecular complexity index is 255. The molecule has 0 bridgehead atoms. The molecule has 1 aromatic rings. The zero-order valence-electron chi connectivity index (χ0n) is 8.07. The van der Waals surface area contributed by atoms with Gasteiger partial charge in [-0.1, -0.05) is 13.3 Å². The maximum Gasteiger partial charge on any atom is 0.0331 e. The van der Waals surface area contributed by atoms with E-state index in [4.69, 9.17) is 5.73 Å². The Morgan fingerprint density at radius 3 is 2.92 bits per heavy atom. The second-order valence-electron chi connectivity index (χ2n) is 4.26. The SMILES string of the molecule is CC1CCC(C(N)c2ccsc2)C1. The van der Waals surface area contributed by atoms with Crippen LogP contribution in [0.5, 0.6) is 0 Å². The van der Waals surface area contributed by atoms with Gasteiger partial charge in [-0.05, 0) is 47.1 Å². The van der Waals surface area contributed by atoms with E-state index in [1.807, 2.05) is 0 Å². The lowest BCUT2D eigenvalue weighted by molar-refractivity contribution is 0.429. The van der Waals surface area contributed by atoms with Gasteiger partial charge >= 0.3 is 0 Å². The van der Waals surface area contributed by atoms with Gasteiger partial charge < -0.3 is 5.73 Å². The van der Waals surface area contributed by atoms with Gasteiger partial charge in [-0.3, -0.25) is 0 Å². The van der Waals surface area contributed by atoms with Crippen LogP contribution >= 0.6 is 11.3 Å². The van der Waals surface area contributed by atoms with Crippen molar-refractivity contribution in [1.82, 2.24) is 0 Å². The molecule has 0 radical (unpaired) electrons. The molecule has 0 saturated heterocycles. The van der Waals surface area contributed by atoms with Crippen LogP contribution in [0.1, 0.15) is 37.8 Å². The first-order valence-electron chi connectivity index (χ1n) is 5.05. The zero-order chi connectivity index (χ0) is 9.26. The van der Waals surface area contributed by atoms with Crippen molar-refractivity contribution in [3.05, 3.63) is 22.4 Å². The minimum atomic E-state index is 0.288. The van der Waals surface area contributed by atoms with Crippen LogP contribution in [0.15, 0.2) is 16.8 Å². The molecule has 0 spiro atoms. The van der Waals surface area contributed by atoms with Crippen molar-refractivity contribution in [1.29, 1.82) is 0 Å². The highest BCUT2D eigenvalue weighted by atomic mass is 32.1. The molecule has 2 rings (SSSR count). The highest BCUT2D eigenvalue weighted by Crippen LogP contribution is 2.37. The first-order chi connectivity index (χ1) is 6.27. The lowest BCUT2D eigenvalue weighted by atomic mass is 9.93. The average molecular weight is 195 g/mol. The average Bonchev–Trinajstić information content (AvgIpc) is 2.72. The van der Waals surface area contributed by atoms with Gasteiger partial charge in [0.2, 0.25) is 0 Å². The van der Waals surface area contributed by atoms with E-state index in [2.05, 4.69) is 23.8 Å². The predicted octanol–water partition coefficient (Wildman–Crippen LogP) is 3.18. The second kappa shape index (κ2) is 3.81. The normalized spacial score (nSPS) is 30.6. The summed E-state index contributed by atoms with van der Waals surface area (Å²) in [7, 11) is 0. The molecule has 1 aliphatic rings. The molecular formula is C11H17NS. The van der Waals surface area contributed by atoms with Crippen LogP contribution < -0.4 is 5.73 Å². The van der Waals surface area contributed by atoms with E-state index >= 15 is 0 Å². The predicted molar refractivity (Wildman–Crippen MR) is 57.8 cm³/mol. The number of hydrogen-bond donors (Lipinski definition) is 1. The summed E-state index contributed by atoms with van der Waals surface area (Å²) in [6, 6.07) is 2.45. The van der Waals surface area contributed by atoms with Crippen LogP contribution in [-0.4, -0.2) is 0 Å². The number of nitrogens with two attached hydrogens (primary N) is 1. The van der Waals surface area contributed by atoms with Crippen molar-refractivity contribution in [3.63, 3.8) is 0 Å². The number of rotatable bonds is 2. The molecule has 1 aliphatic carbocycles. The molecule has 1 nitrogen and oxygen atoms in total. The first-order valence-corrected chi connectivity index (χ1v) is 5.99. The topological polar surface area (TPSA) is 26.0 Å². The Balaban J connectivity index is 2.02. The molecule has 0 aliphatic heterocycles. The van der Waals surface area contributed by atoms with Crippen molar-refractivity contribution >= 4 is 11.3 Å². The second-order valence-corrected chi connectivity index (χ2v) is 5.04. The van der Waals surface area contributed by atoms with Gasteiger partial charge in [0.25, 0.3) is 0 Å². The molecule has 13 heavy (non-hydrogen) atoms. The fraction of sp³-hybridized carbons (Fsp3) is 0.636. The first kappa shape index (κ1) is 9.22. The van der Waals surface area contributed by atoms with E-state index in [1.54, 1.807) is 11.3 Å². The van der Waals surface area contributed by atoms with Crippen LogP contribution in [-0.2, 0) is 0 Å². The summed E-state index contributed by atoms with van der Waals surface area (Å²) in [4.78, 5) is 0. The summed E-state index contributed by atoms with van der Waals surface area (Å²) in [5.74, 6) is 1.61. The van der Waals surface area contributed by atoms with E-state index in [0.717, 1.165) is 11.8 Å². The molecule has 1 fully saturated rings. The van der Waals surface area contributed by atoms with E-state index in [0.29, 0.717) is 0 Å². The molecule has 0 aromatic carbocycles. The van der Waals surface area contributed by atoms with Gasteiger partial charge in [0.05, 0.1) is 0 Å². The van der Waals surface area contributed by atoms with E-state index in [1.165, 1.54) is 24.8 Å². The molecule has 1 saturated carbocycles. The Kier molecular flexibility index (Phi) is 2.70. The van der Waals surface area contributed by atoms with Gasteiger partial charge in [-0.2, -0.15) is 11.3 Å². The van der Waals surface area contributed by atoms with Gasteiger partial charge in [0, 0.05) is 6.04 Å². The molecule has 1 heterocycles. The van der Waals surface area contributed by atoms with Gasteiger partial charge in [0.1, 0.15) is 0 Å². The minimum Gasteiger partial charge on any atom is -0.324 e. The van der Waals surface area contributed by atoms with Crippen LogP contribution in [0.3, 0.4) is 0 Å². The summed E-state index contributed by atoms with van der Waals surface area (Å²) in [5, 5.41) is 4.31. The fourth-order valence-electron chi connectivity index (χ4n) is 2.31. The van der Waals surface area contributed by atoms with Crippen molar-refractivity contribution < 1.29 is 0 Å². The summed E-state index contributed by atoms with van der Waals surface area (Å²) in [6.07, 6.45) is 4.00. The molecule has 2 heteroatoms. The van der Waals surface area contributed by atoms with Crippen molar-refractivity contribution in [2.24, 2.45) is 17.6 Å². The molecule has 3 unspecified atom stereocenters. The lowest BCUT2D eigenvalue weighted by Gasteiger charge is -2.17. The summed E-state index contributed by atoms with van der Waals surface area (Å²) in [5.41, 5.74) is 7.55. The van der Waals surface area contributed by atoms with Crippen LogP contribution in [0.25, 0.3) is 0 Å². The third kappa shape index (κ3) is 1.94. The fourth-order valence-corrected chi connectivity index (χ4v) is 3.02. The Hall–Kier alpha value is -0.340. The van der Waals surface area contributed by atoms with Crippen LogP contribution in [0, 0.1) is 11.8 Å². The Labute approximate surface area is 84.0 Å². The van der Waals surface area contributed by atoms with E-state index < -0.39 is 0 Å². The number of thiophene rings is 1. The molecule has 0 amide bonds. The lowest BCUT2D eigenvalue weighted by Crippen LogP contribution is -2.18. The molecule has 72 valence electrons. The van der Waals surface area contributed by atoms with Gasteiger partial charge in [-0.25, -0.2) is 0 Å². The van der Waals surface area contributed by atoms with Crippen LogP contribution in [0.4, 0.5) is 0 Å². The van der Waals surface area contributed by atoms with Crippen LogP contribution in [0.2, 0.25) is 0 Å². The third-order valence-corrected chi connectivity index (χ3v) is 3.87. The van der Waals surface area contributed by atoms with Gasteiger partial charge in [0.15, 0.2) is 0 Å². The van der Waals surface area contributed by atoms with Gasteiger partial charge in [-0.15, -0.1) is 0 Å².